The van der Waals surface area contributed by atoms with Gasteiger partial charge >= 0.3 is 0 Å². The second-order valence-corrected chi connectivity index (χ2v) is 15.3. The minimum atomic E-state index is 0.139. The zero-order valence-electron chi connectivity index (χ0n) is 32.5. The normalized spacial score (nSPS) is 14.3. The van der Waals surface area contributed by atoms with Gasteiger partial charge in [-0.2, -0.15) is 0 Å². The molecule has 0 amide bonds. The highest BCUT2D eigenvalue weighted by Gasteiger charge is 2.12. The van der Waals surface area contributed by atoms with Gasteiger partial charge in [-0.1, -0.05) is 155 Å². The third-order valence-corrected chi connectivity index (χ3v) is 9.27. The van der Waals surface area contributed by atoms with Gasteiger partial charge in [0.1, 0.15) is 0 Å². The second-order valence-electron chi connectivity index (χ2n) is 15.3. The van der Waals surface area contributed by atoms with Crippen molar-refractivity contribution in [2.24, 2.45) is 17.8 Å². The molecule has 0 N–H and O–H groups in total. The maximum Gasteiger partial charge on any atom is 0.0934 e. The molecule has 0 saturated carbocycles. The van der Waals surface area contributed by atoms with Crippen LogP contribution in [0.1, 0.15) is 176 Å². The van der Waals surface area contributed by atoms with Gasteiger partial charge in [0.2, 0.25) is 0 Å². The zero-order valence-corrected chi connectivity index (χ0v) is 32.5. The Labute approximate surface area is 290 Å². The lowest BCUT2D eigenvalue weighted by Crippen LogP contribution is -2.32. The molecule has 0 aliphatic rings. The van der Waals surface area contributed by atoms with E-state index in [1.54, 1.807) is 0 Å². The molecule has 46 heavy (non-hydrogen) atoms. The summed E-state index contributed by atoms with van der Waals surface area (Å²) in [5, 5.41) is 0. The van der Waals surface area contributed by atoms with Crippen LogP contribution in [-0.2, 0) is 9.47 Å². The largest absolute Gasteiger partial charge is 0.379 e. The molecule has 0 rings (SSSR count). The highest BCUT2D eigenvalue weighted by atomic mass is 16.5. The number of allylic oxidation sites excluding steroid dienone is 4. The number of nitrogens with zero attached hydrogens (tertiary/aromatic N) is 1. The molecule has 0 aromatic carbocycles. The predicted octanol–water partition coefficient (Wildman–Crippen LogP) is 13.1. The lowest BCUT2D eigenvalue weighted by atomic mass is 9.91. The van der Waals surface area contributed by atoms with Crippen molar-refractivity contribution in [3.05, 3.63) is 36.5 Å². The van der Waals surface area contributed by atoms with E-state index in [4.69, 9.17) is 9.47 Å². The zero-order chi connectivity index (χ0) is 34.1. The molecule has 0 bridgehead atoms. The Bertz CT molecular complexity index is 697. The Kier molecular flexibility index (Phi) is 33.3. The van der Waals surface area contributed by atoms with Crippen molar-refractivity contribution in [1.82, 2.24) is 4.90 Å². The maximum atomic E-state index is 6.26. The van der Waals surface area contributed by atoms with Crippen LogP contribution in [0.2, 0.25) is 0 Å². The van der Waals surface area contributed by atoms with Crippen molar-refractivity contribution >= 4 is 0 Å². The first-order valence-electron chi connectivity index (χ1n) is 20.0. The molecule has 272 valence electrons. The van der Waals surface area contributed by atoms with Gasteiger partial charge in [-0.05, 0) is 89.6 Å². The Morgan fingerprint density at radius 1 is 0.630 bits per heavy atom. The molecule has 0 spiro atoms. The Morgan fingerprint density at radius 2 is 1.20 bits per heavy atom. The molecule has 0 radical (unpaired) electrons. The van der Waals surface area contributed by atoms with Gasteiger partial charge in [0.25, 0.3) is 0 Å². The summed E-state index contributed by atoms with van der Waals surface area (Å²) in [6.45, 7) is 19.4. The predicted molar refractivity (Wildman–Crippen MR) is 207 cm³/mol. The van der Waals surface area contributed by atoms with E-state index in [1.165, 1.54) is 121 Å². The summed E-state index contributed by atoms with van der Waals surface area (Å²) in [4.78, 5) is 2.21. The molecular weight excluding hydrogens is 562 g/mol. The highest BCUT2D eigenvalue weighted by molar-refractivity contribution is 4.94. The average Bonchev–Trinajstić information content (AvgIpc) is 3.00. The highest BCUT2D eigenvalue weighted by Crippen LogP contribution is 2.22. The number of rotatable bonds is 35. The first-order chi connectivity index (χ1) is 22.2. The summed E-state index contributed by atoms with van der Waals surface area (Å²) in [6.07, 6.45) is 37.9. The number of likely N-dealkylation sites (N-methyl/N-ethyl adjacent to an activating group) is 1. The maximum absolute atomic E-state index is 6.26. The van der Waals surface area contributed by atoms with E-state index in [1.807, 2.05) is 0 Å². The van der Waals surface area contributed by atoms with E-state index in [-0.39, 0.29) is 6.10 Å². The number of ether oxygens (including phenoxy) is 2. The SMILES string of the molecule is C=C(CCCC(C)CCCC(C)CCCC(C)C)CCOC(COCCCCCCCCC=CCC=CCCCCC)CN(C)C. The van der Waals surface area contributed by atoms with E-state index < -0.39 is 0 Å². The fraction of sp³-hybridized carbons (Fsp3) is 0.860. The number of unbranched alkanes of at least 4 members (excludes halogenated alkanes) is 9. The number of hydrogen-bond acceptors (Lipinski definition) is 3. The quantitative estimate of drug-likeness (QED) is 0.0505. The second kappa shape index (κ2) is 34.0. The van der Waals surface area contributed by atoms with Gasteiger partial charge in [-0.3, -0.25) is 0 Å². The summed E-state index contributed by atoms with van der Waals surface area (Å²) in [6, 6.07) is 0. The van der Waals surface area contributed by atoms with E-state index in [0.29, 0.717) is 6.61 Å². The van der Waals surface area contributed by atoms with Crippen LogP contribution in [0.5, 0.6) is 0 Å². The lowest BCUT2D eigenvalue weighted by Gasteiger charge is -2.22. The third kappa shape index (κ3) is 34.4. The standard InChI is InChI=1S/C43H83NO2/c1-9-10-11-12-13-14-15-16-17-18-19-20-21-22-23-24-35-45-38-43(37-44(7)8)46-36-34-42(6)33-27-32-41(5)31-26-30-40(4)29-25-28-39(2)3/h13-14,16-17,39-41,43H,6,9-12,15,18-38H2,1-5,7-8H3. The topological polar surface area (TPSA) is 21.7 Å². The van der Waals surface area contributed by atoms with Crippen LogP contribution in [0.15, 0.2) is 36.5 Å². The van der Waals surface area contributed by atoms with E-state index in [0.717, 1.165) is 63.2 Å². The van der Waals surface area contributed by atoms with Crippen molar-refractivity contribution < 1.29 is 9.47 Å². The van der Waals surface area contributed by atoms with Gasteiger partial charge in [-0.25, -0.2) is 0 Å². The van der Waals surface area contributed by atoms with Crippen molar-refractivity contribution in [2.45, 2.75) is 182 Å². The third-order valence-electron chi connectivity index (χ3n) is 9.27. The minimum absolute atomic E-state index is 0.139. The minimum Gasteiger partial charge on any atom is -0.379 e. The van der Waals surface area contributed by atoms with Gasteiger partial charge in [0.05, 0.1) is 19.3 Å². The van der Waals surface area contributed by atoms with Crippen LogP contribution < -0.4 is 0 Å². The molecule has 0 saturated heterocycles. The summed E-state index contributed by atoms with van der Waals surface area (Å²) in [7, 11) is 4.24. The van der Waals surface area contributed by atoms with Crippen molar-refractivity contribution in [3.63, 3.8) is 0 Å². The van der Waals surface area contributed by atoms with Crippen LogP contribution in [0.3, 0.4) is 0 Å². The molecule has 3 heteroatoms. The molecular formula is C43H83NO2. The monoisotopic (exact) mass is 646 g/mol. The molecule has 3 unspecified atom stereocenters. The van der Waals surface area contributed by atoms with E-state index in [2.05, 4.69) is 84.5 Å². The van der Waals surface area contributed by atoms with Crippen LogP contribution in [0, 0.1) is 17.8 Å². The van der Waals surface area contributed by atoms with Crippen LogP contribution in [0.4, 0.5) is 0 Å². The van der Waals surface area contributed by atoms with Crippen molar-refractivity contribution in [3.8, 4) is 0 Å². The van der Waals surface area contributed by atoms with Gasteiger partial charge in [0.15, 0.2) is 0 Å². The fourth-order valence-electron chi connectivity index (χ4n) is 6.14. The molecule has 0 aromatic rings. The summed E-state index contributed by atoms with van der Waals surface area (Å²) < 4.78 is 12.3. The molecule has 3 nitrogen and oxygen atoms in total. The molecule has 0 aromatic heterocycles. The smallest absolute Gasteiger partial charge is 0.0934 e. The summed E-state index contributed by atoms with van der Waals surface area (Å²) >= 11 is 0. The molecule has 3 atom stereocenters. The van der Waals surface area contributed by atoms with E-state index in [9.17, 15) is 0 Å². The van der Waals surface area contributed by atoms with E-state index >= 15 is 0 Å². The first kappa shape index (κ1) is 45.1. The number of hydrogen-bond donors (Lipinski definition) is 0. The molecule has 0 aliphatic heterocycles. The Balaban J connectivity index is 3.79. The fourth-order valence-corrected chi connectivity index (χ4v) is 6.14. The van der Waals surface area contributed by atoms with Crippen molar-refractivity contribution in [1.29, 1.82) is 0 Å². The Hall–Kier alpha value is -0.900. The molecule has 0 fully saturated rings. The molecule has 0 heterocycles. The van der Waals surface area contributed by atoms with Gasteiger partial charge in [0, 0.05) is 13.2 Å². The average molecular weight is 646 g/mol. The van der Waals surface area contributed by atoms with Gasteiger partial charge < -0.3 is 14.4 Å². The van der Waals surface area contributed by atoms with Crippen LogP contribution in [0.25, 0.3) is 0 Å². The van der Waals surface area contributed by atoms with Crippen molar-refractivity contribution in [2.75, 3.05) is 40.5 Å². The van der Waals surface area contributed by atoms with Crippen LogP contribution >= 0.6 is 0 Å². The van der Waals surface area contributed by atoms with Gasteiger partial charge in [-0.15, -0.1) is 0 Å². The lowest BCUT2D eigenvalue weighted by molar-refractivity contribution is -0.0267. The molecule has 0 aliphatic carbocycles. The summed E-state index contributed by atoms with van der Waals surface area (Å²) in [5.41, 5.74) is 1.34. The summed E-state index contributed by atoms with van der Waals surface area (Å²) in [5.74, 6) is 2.57. The first-order valence-corrected chi connectivity index (χ1v) is 20.0. The van der Waals surface area contributed by atoms with Crippen LogP contribution in [-0.4, -0.2) is 51.5 Å². The Morgan fingerprint density at radius 3 is 1.80 bits per heavy atom.